The second-order valence-corrected chi connectivity index (χ2v) is 6.78. The van der Waals surface area contributed by atoms with Crippen molar-refractivity contribution in [3.05, 3.63) is 29.8 Å². The van der Waals surface area contributed by atoms with Gasteiger partial charge in [-0.1, -0.05) is 32.9 Å². The maximum atomic E-state index is 6.41. The van der Waals surface area contributed by atoms with E-state index in [0.717, 1.165) is 24.8 Å². The molecule has 0 aliphatic heterocycles. The fourth-order valence-electron chi connectivity index (χ4n) is 3.69. The summed E-state index contributed by atoms with van der Waals surface area (Å²) in [4.78, 5) is 2.37. The highest BCUT2D eigenvalue weighted by molar-refractivity contribution is 5.47. The van der Waals surface area contributed by atoms with Crippen molar-refractivity contribution in [3.8, 4) is 0 Å². The van der Waals surface area contributed by atoms with Crippen LogP contribution in [0.5, 0.6) is 0 Å². The SMILES string of the molecule is CCc1ccc(N(C)CC2C(C)CC(C)CC2N)cc1. The van der Waals surface area contributed by atoms with Gasteiger partial charge in [0.25, 0.3) is 0 Å². The lowest BCUT2D eigenvalue weighted by Crippen LogP contribution is -2.46. The monoisotopic (exact) mass is 274 g/mol. The normalized spacial score (nSPS) is 30.2. The van der Waals surface area contributed by atoms with Gasteiger partial charge in [-0.25, -0.2) is 0 Å². The van der Waals surface area contributed by atoms with Crippen LogP contribution < -0.4 is 10.6 Å². The third-order valence-corrected chi connectivity index (χ3v) is 5.00. The lowest BCUT2D eigenvalue weighted by molar-refractivity contribution is 0.178. The summed E-state index contributed by atoms with van der Waals surface area (Å²) in [5.41, 5.74) is 9.11. The van der Waals surface area contributed by atoms with Crippen LogP contribution >= 0.6 is 0 Å². The van der Waals surface area contributed by atoms with Gasteiger partial charge < -0.3 is 10.6 Å². The maximum absolute atomic E-state index is 6.41. The molecule has 0 aromatic heterocycles. The van der Waals surface area contributed by atoms with Crippen molar-refractivity contribution in [2.45, 2.75) is 46.1 Å². The van der Waals surface area contributed by atoms with E-state index >= 15 is 0 Å². The van der Waals surface area contributed by atoms with E-state index in [-0.39, 0.29) is 0 Å². The minimum atomic E-state index is 0.353. The van der Waals surface area contributed by atoms with E-state index in [1.807, 2.05) is 0 Å². The van der Waals surface area contributed by atoms with Crippen molar-refractivity contribution in [2.24, 2.45) is 23.5 Å². The highest BCUT2D eigenvalue weighted by Gasteiger charge is 2.32. The van der Waals surface area contributed by atoms with E-state index in [0.29, 0.717) is 12.0 Å². The molecule has 4 atom stereocenters. The molecule has 1 aliphatic carbocycles. The molecule has 0 amide bonds. The van der Waals surface area contributed by atoms with E-state index in [9.17, 15) is 0 Å². The summed E-state index contributed by atoms with van der Waals surface area (Å²) in [6.07, 6.45) is 3.60. The molecule has 20 heavy (non-hydrogen) atoms. The highest BCUT2D eigenvalue weighted by Crippen LogP contribution is 2.33. The van der Waals surface area contributed by atoms with Crippen molar-refractivity contribution >= 4 is 5.69 Å². The Morgan fingerprint density at radius 1 is 1.15 bits per heavy atom. The molecule has 2 heteroatoms. The van der Waals surface area contributed by atoms with E-state index < -0.39 is 0 Å². The standard InChI is InChI=1S/C18H30N2/c1-5-15-6-8-16(9-7-15)20(4)12-17-14(3)10-13(2)11-18(17)19/h6-9,13-14,17-18H,5,10-12,19H2,1-4H3. The second-order valence-electron chi connectivity index (χ2n) is 6.78. The summed E-state index contributed by atoms with van der Waals surface area (Å²) in [5.74, 6) is 2.12. The predicted octanol–water partition coefficient (Wildman–Crippen LogP) is 3.69. The minimum Gasteiger partial charge on any atom is -0.374 e. The molecule has 0 radical (unpaired) electrons. The average Bonchev–Trinajstić information content (AvgIpc) is 2.42. The Morgan fingerprint density at radius 3 is 2.35 bits per heavy atom. The molecular weight excluding hydrogens is 244 g/mol. The largest absolute Gasteiger partial charge is 0.374 e. The van der Waals surface area contributed by atoms with Crippen molar-refractivity contribution < 1.29 is 0 Å². The second kappa shape index (κ2) is 6.62. The molecule has 1 fully saturated rings. The molecule has 0 heterocycles. The Morgan fingerprint density at radius 2 is 1.80 bits per heavy atom. The molecule has 2 nitrogen and oxygen atoms in total. The summed E-state index contributed by atoms with van der Waals surface area (Å²) in [6.45, 7) is 7.97. The lowest BCUT2D eigenvalue weighted by atomic mass is 9.72. The van der Waals surface area contributed by atoms with Crippen LogP contribution in [0.15, 0.2) is 24.3 Å². The number of hydrogen-bond acceptors (Lipinski definition) is 2. The van der Waals surface area contributed by atoms with Crippen LogP contribution in [0.3, 0.4) is 0 Å². The number of nitrogens with zero attached hydrogens (tertiary/aromatic N) is 1. The molecule has 1 aromatic carbocycles. The van der Waals surface area contributed by atoms with Crippen LogP contribution in [0.25, 0.3) is 0 Å². The zero-order valence-corrected chi connectivity index (χ0v) is 13.5. The lowest BCUT2D eigenvalue weighted by Gasteiger charge is -2.40. The van der Waals surface area contributed by atoms with Gasteiger partial charge in [0.15, 0.2) is 0 Å². The Kier molecular flexibility index (Phi) is 5.09. The molecule has 2 rings (SSSR count). The summed E-state index contributed by atoms with van der Waals surface area (Å²) in [7, 11) is 2.19. The zero-order valence-electron chi connectivity index (χ0n) is 13.5. The maximum Gasteiger partial charge on any atom is 0.0363 e. The molecule has 1 aliphatic rings. The molecule has 4 unspecified atom stereocenters. The van der Waals surface area contributed by atoms with Crippen LogP contribution in [0.4, 0.5) is 5.69 Å². The van der Waals surface area contributed by atoms with Crippen LogP contribution in [-0.2, 0) is 6.42 Å². The highest BCUT2D eigenvalue weighted by atomic mass is 15.1. The van der Waals surface area contributed by atoms with Gasteiger partial charge in [-0.2, -0.15) is 0 Å². The van der Waals surface area contributed by atoms with Gasteiger partial charge >= 0.3 is 0 Å². The van der Waals surface area contributed by atoms with Gasteiger partial charge in [0.05, 0.1) is 0 Å². The Bertz CT molecular complexity index is 400. The number of hydrogen-bond donors (Lipinski definition) is 1. The molecule has 0 spiro atoms. The molecule has 112 valence electrons. The van der Waals surface area contributed by atoms with Crippen molar-refractivity contribution in [3.63, 3.8) is 0 Å². The number of nitrogens with two attached hydrogens (primary N) is 1. The Labute approximate surface area is 124 Å². The summed E-state index contributed by atoms with van der Waals surface area (Å²) in [6, 6.07) is 9.29. The Balaban J connectivity index is 2.00. The molecule has 1 saturated carbocycles. The molecular formula is C18H30N2. The first-order chi connectivity index (χ1) is 9.51. The minimum absolute atomic E-state index is 0.353. The van der Waals surface area contributed by atoms with Gasteiger partial charge in [-0.15, -0.1) is 0 Å². The molecule has 1 aromatic rings. The van der Waals surface area contributed by atoms with Crippen LogP contribution in [0.2, 0.25) is 0 Å². The van der Waals surface area contributed by atoms with Crippen LogP contribution in [-0.4, -0.2) is 19.6 Å². The quantitative estimate of drug-likeness (QED) is 0.907. The van der Waals surface area contributed by atoms with Crippen LogP contribution in [0.1, 0.15) is 39.2 Å². The third kappa shape index (κ3) is 3.54. The first kappa shape index (κ1) is 15.4. The first-order valence-corrected chi connectivity index (χ1v) is 8.07. The fourth-order valence-corrected chi connectivity index (χ4v) is 3.69. The zero-order chi connectivity index (χ0) is 14.7. The van der Waals surface area contributed by atoms with Crippen molar-refractivity contribution in [2.75, 3.05) is 18.5 Å². The summed E-state index contributed by atoms with van der Waals surface area (Å²) in [5, 5.41) is 0. The molecule has 0 bridgehead atoms. The fraction of sp³-hybridized carbons (Fsp3) is 0.667. The molecule has 2 N–H and O–H groups in total. The number of aryl methyl sites for hydroxylation is 1. The third-order valence-electron chi connectivity index (χ3n) is 5.00. The average molecular weight is 274 g/mol. The topological polar surface area (TPSA) is 29.3 Å². The van der Waals surface area contributed by atoms with Gasteiger partial charge in [0, 0.05) is 25.3 Å². The summed E-state index contributed by atoms with van der Waals surface area (Å²) < 4.78 is 0. The number of anilines is 1. The van der Waals surface area contributed by atoms with E-state index in [1.54, 1.807) is 0 Å². The molecule has 0 saturated heterocycles. The van der Waals surface area contributed by atoms with Gasteiger partial charge in [0.2, 0.25) is 0 Å². The van der Waals surface area contributed by atoms with Crippen LogP contribution in [0, 0.1) is 17.8 Å². The van der Waals surface area contributed by atoms with Gasteiger partial charge in [0.1, 0.15) is 0 Å². The van der Waals surface area contributed by atoms with Crippen molar-refractivity contribution in [1.82, 2.24) is 0 Å². The Hall–Kier alpha value is -1.02. The van der Waals surface area contributed by atoms with E-state index in [4.69, 9.17) is 5.73 Å². The summed E-state index contributed by atoms with van der Waals surface area (Å²) >= 11 is 0. The van der Waals surface area contributed by atoms with E-state index in [1.165, 1.54) is 24.1 Å². The van der Waals surface area contributed by atoms with E-state index in [2.05, 4.69) is 57.0 Å². The first-order valence-electron chi connectivity index (χ1n) is 8.07. The smallest absolute Gasteiger partial charge is 0.0363 e. The van der Waals surface area contributed by atoms with Crippen molar-refractivity contribution in [1.29, 1.82) is 0 Å². The van der Waals surface area contributed by atoms with Gasteiger partial charge in [-0.05, 0) is 54.7 Å². The van der Waals surface area contributed by atoms with Gasteiger partial charge in [-0.3, -0.25) is 0 Å². The number of benzene rings is 1. The predicted molar refractivity (Wildman–Crippen MR) is 88.1 cm³/mol. The number of rotatable bonds is 4.